The SMILES string of the molecule is CCOCc1ccccc1NC(=O)COc1ccc(C(F)(F)F)cc1. The molecule has 1 N–H and O–H groups in total. The second-order valence-corrected chi connectivity index (χ2v) is 5.15. The number of carbonyl (C=O) groups excluding carboxylic acids is 1. The maximum Gasteiger partial charge on any atom is 0.416 e. The van der Waals surface area contributed by atoms with Gasteiger partial charge in [-0.3, -0.25) is 4.79 Å². The van der Waals surface area contributed by atoms with E-state index >= 15 is 0 Å². The quantitative estimate of drug-likeness (QED) is 0.809. The Morgan fingerprint density at radius 3 is 2.40 bits per heavy atom. The van der Waals surface area contributed by atoms with Crippen LogP contribution < -0.4 is 10.1 Å². The van der Waals surface area contributed by atoms with Crippen LogP contribution in [0, 0.1) is 0 Å². The molecule has 2 aromatic rings. The van der Waals surface area contributed by atoms with Crippen molar-refractivity contribution in [2.24, 2.45) is 0 Å². The predicted octanol–water partition coefficient (Wildman–Crippen LogP) is 4.26. The van der Waals surface area contributed by atoms with Crippen LogP contribution in [-0.2, 0) is 22.3 Å². The Bertz CT molecular complexity index is 699. The first kappa shape index (κ1) is 18.8. The Morgan fingerprint density at radius 2 is 1.76 bits per heavy atom. The molecule has 1 amide bonds. The summed E-state index contributed by atoms with van der Waals surface area (Å²) in [4.78, 5) is 12.0. The second-order valence-electron chi connectivity index (χ2n) is 5.15. The standard InChI is InChI=1S/C18H18F3NO3/c1-2-24-11-13-5-3-4-6-16(13)22-17(23)12-25-15-9-7-14(8-10-15)18(19,20)21/h3-10H,2,11-12H2,1H3,(H,22,23). The lowest BCUT2D eigenvalue weighted by atomic mass is 10.2. The van der Waals surface area contributed by atoms with Crippen LogP contribution in [0.4, 0.5) is 18.9 Å². The molecule has 4 nitrogen and oxygen atoms in total. The van der Waals surface area contributed by atoms with Crippen LogP contribution >= 0.6 is 0 Å². The van der Waals surface area contributed by atoms with Crippen molar-refractivity contribution in [3.63, 3.8) is 0 Å². The van der Waals surface area contributed by atoms with Gasteiger partial charge in [0, 0.05) is 17.9 Å². The van der Waals surface area contributed by atoms with E-state index in [-0.39, 0.29) is 12.4 Å². The molecule has 2 aromatic carbocycles. The van der Waals surface area contributed by atoms with Crippen LogP contribution in [-0.4, -0.2) is 19.1 Å². The molecule has 25 heavy (non-hydrogen) atoms. The van der Waals surface area contributed by atoms with Crippen molar-refractivity contribution in [1.29, 1.82) is 0 Å². The third kappa shape index (κ3) is 5.79. The number of amides is 1. The fourth-order valence-corrected chi connectivity index (χ4v) is 2.06. The number of carbonyl (C=O) groups is 1. The van der Waals surface area contributed by atoms with Gasteiger partial charge in [0.05, 0.1) is 12.2 Å². The third-order valence-electron chi connectivity index (χ3n) is 3.30. The first-order valence-electron chi connectivity index (χ1n) is 7.65. The number of alkyl halides is 3. The minimum atomic E-state index is -4.40. The Labute approximate surface area is 143 Å². The lowest BCUT2D eigenvalue weighted by Gasteiger charge is -2.12. The van der Waals surface area contributed by atoms with Gasteiger partial charge in [-0.05, 0) is 37.3 Å². The Balaban J connectivity index is 1.91. The van der Waals surface area contributed by atoms with Gasteiger partial charge in [0.25, 0.3) is 5.91 Å². The van der Waals surface area contributed by atoms with Crippen molar-refractivity contribution in [2.75, 3.05) is 18.5 Å². The molecule has 0 bridgehead atoms. The van der Waals surface area contributed by atoms with Crippen molar-refractivity contribution < 1.29 is 27.4 Å². The maximum absolute atomic E-state index is 12.5. The number of hydrogen-bond donors (Lipinski definition) is 1. The summed E-state index contributed by atoms with van der Waals surface area (Å²) in [6, 6.07) is 11.4. The van der Waals surface area contributed by atoms with E-state index in [9.17, 15) is 18.0 Å². The number of halogens is 3. The van der Waals surface area contributed by atoms with Gasteiger partial charge in [-0.25, -0.2) is 0 Å². The van der Waals surface area contributed by atoms with Crippen molar-refractivity contribution in [3.05, 3.63) is 59.7 Å². The van der Waals surface area contributed by atoms with Gasteiger partial charge < -0.3 is 14.8 Å². The summed E-state index contributed by atoms with van der Waals surface area (Å²) in [6.07, 6.45) is -4.40. The zero-order valence-electron chi connectivity index (χ0n) is 13.6. The highest BCUT2D eigenvalue weighted by molar-refractivity contribution is 5.92. The van der Waals surface area contributed by atoms with E-state index in [4.69, 9.17) is 9.47 Å². The number of para-hydroxylation sites is 1. The highest BCUT2D eigenvalue weighted by atomic mass is 19.4. The van der Waals surface area contributed by atoms with E-state index in [1.807, 2.05) is 19.1 Å². The summed E-state index contributed by atoms with van der Waals surface area (Å²) < 4.78 is 48.0. The van der Waals surface area contributed by atoms with E-state index in [2.05, 4.69) is 5.32 Å². The Kier molecular flexibility index (Phi) is 6.41. The summed E-state index contributed by atoms with van der Waals surface area (Å²) in [5, 5.41) is 2.70. The number of ether oxygens (including phenoxy) is 2. The molecule has 0 aliphatic rings. The molecular weight excluding hydrogens is 335 g/mol. The van der Waals surface area contributed by atoms with Crippen molar-refractivity contribution in [1.82, 2.24) is 0 Å². The topological polar surface area (TPSA) is 47.6 Å². The van der Waals surface area contributed by atoms with Gasteiger partial charge >= 0.3 is 6.18 Å². The average molecular weight is 353 g/mol. The minimum Gasteiger partial charge on any atom is -0.484 e. The summed E-state index contributed by atoms with van der Waals surface area (Å²) in [7, 11) is 0. The van der Waals surface area contributed by atoms with Crippen molar-refractivity contribution in [2.45, 2.75) is 19.7 Å². The highest BCUT2D eigenvalue weighted by Gasteiger charge is 2.30. The summed E-state index contributed by atoms with van der Waals surface area (Å²) in [5.74, 6) is -0.227. The van der Waals surface area contributed by atoms with Gasteiger partial charge in [-0.2, -0.15) is 13.2 Å². The monoisotopic (exact) mass is 353 g/mol. The molecule has 0 atom stereocenters. The van der Waals surface area contributed by atoms with E-state index in [1.165, 1.54) is 12.1 Å². The summed E-state index contributed by atoms with van der Waals surface area (Å²) in [6.45, 7) is 2.49. The lowest BCUT2D eigenvalue weighted by Crippen LogP contribution is -2.21. The van der Waals surface area contributed by atoms with E-state index in [0.29, 0.717) is 18.9 Å². The smallest absolute Gasteiger partial charge is 0.416 e. The molecule has 0 aliphatic heterocycles. The summed E-state index contributed by atoms with van der Waals surface area (Å²) in [5.41, 5.74) is 0.665. The molecule has 7 heteroatoms. The number of anilines is 1. The fraction of sp³-hybridized carbons (Fsp3) is 0.278. The number of nitrogens with one attached hydrogen (secondary N) is 1. The largest absolute Gasteiger partial charge is 0.484 e. The minimum absolute atomic E-state index is 0.186. The molecule has 0 aliphatic carbocycles. The van der Waals surface area contributed by atoms with Crippen LogP contribution in [0.15, 0.2) is 48.5 Å². The second kappa shape index (κ2) is 8.53. The first-order chi connectivity index (χ1) is 11.9. The van der Waals surface area contributed by atoms with Crippen molar-refractivity contribution >= 4 is 11.6 Å². The molecule has 0 saturated carbocycles. The normalized spacial score (nSPS) is 11.2. The molecule has 0 spiro atoms. The molecular formula is C18H18F3NO3. The van der Waals surface area contributed by atoms with Gasteiger partial charge in [-0.1, -0.05) is 18.2 Å². The first-order valence-corrected chi connectivity index (χ1v) is 7.65. The molecule has 0 aromatic heterocycles. The zero-order chi connectivity index (χ0) is 18.3. The molecule has 2 rings (SSSR count). The van der Waals surface area contributed by atoms with Gasteiger partial charge in [0.15, 0.2) is 6.61 Å². The van der Waals surface area contributed by atoms with E-state index < -0.39 is 17.6 Å². The van der Waals surface area contributed by atoms with Gasteiger partial charge in [0.1, 0.15) is 5.75 Å². The predicted molar refractivity (Wildman–Crippen MR) is 87.3 cm³/mol. The number of rotatable bonds is 7. The van der Waals surface area contributed by atoms with Gasteiger partial charge in [0.2, 0.25) is 0 Å². The Morgan fingerprint density at radius 1 is 1.08 bits per heavy atom. The average Bonchev–Trinajstić information content (AvgIpc) is 2.59. The fourth-order valence-electron chi connectivity index (χ4n) is 2.06. The molecule has 0 saturated heterocycles. The Hall–Kier alpha value is -2.54. The molecule has 0 unspecified atom stereocenters. The molecule has 0 heterocycles. The van der Waals surface area contributed by atoms with Crippen LogP contribution in [0.25, 0.3) is 0 Å². The maximum atomic E-state index is 12.5. The molecule has 0 fully saturated rings. The number of benzene rings is 2. The van der Waals surface area contributed by atoms with Crippen LogP contribution in [0.5, 0.6) is 5.75 Å². The third-order valence-corrected chi connectivity index (χ3v) is 3.30. The molecule has 134 valence electrons. The van der Waals surface area contributed by atoms with E-state index in [0.717, 1.165) is 17.7 Å². The highest BCUT2D eigenvalue weighted by Crippen LogP contribution is 2.30. The molecule has 0 radical (unpaired) electrons. The zero-order valence-corrected chi connectivity index (χ0v) is 13.6. The summed E-state index contributed by atoms with van der Waals surface area (Å²) >= 11 is 0. The van der Waals surface area contributed by atoms with Crippen molar-refractivity contribution in [3.8, 4) is 5.75 Å². The van der Waals surface area contributed by atoms with E-state index in [1.54, 1.807) is 12.1 Å². The van der Waals surface area contributed by atoms with Crippen LogP contribution in [0.2, 0.25) is 0 Å². The van der Waals surface area contributed by atoms with Crippen LogP contribution in [0.3, 0.4) is 0 Å². The van der Waals surface area contributed by atoms with Crippen LogP contribution in [0.1, 0.15) is 18.1 Å². The number of hydrogen-bond acceptors (Lipinski definition) is 3. The lowest BCUT2D eigenvalue weighted by molar-refractivity contribution is -0.137. The van der Waals surface area contributed by atoms with Gasteiger partial charge in [-0.15, -0.1) is 0 Å².